The van der Waals surface area contributed by atoms with E-state index in [2.05, 4.69) is 42.6 Å². The summed E-state index contributed by atoms with van der Waals surface area (Å²) in [7, 11) is 0. The van der Waals surface area contributed by atoms with Crippen LogP contribution in [0.4, 0.5) is 0 Å². The molecule has 5 heteroatoms. The van der Waals surface area contributed by atoms with Gasteiger partial charge in [-0.25, -0.2) is 0 Å². The second-order valence-electron chi connectivity index (χ2n) is 8.73. The second kappa shape index (κ2) is 9.39. The van der Waals surface area contributed by atoms with Crippen LogP contribution >= 0.6 is 11.3 Å². The molecule has 4 nitrogen and oxygen atoms in total. The van der Waals surface area contributed by atoms with Gasteiger partial charge in [-0.1, -0.05) is 42.5 Å². The summed E-state index contributed by atoms with van der Waals surface area (Å²) >= 11 is 1.73. The van der Waals surface area contributed by atoms with Crippen LogP contribution in [0.1, 0.15) is 45.5 Å². The molecule has 4 rings (SSSR count). The predicted molar refractivity (Wildman–Crippen MR) is 129 cm³/mol. The molecule has 3 aromatic rings. The largest absolute Gasteiger partial charge is 0.391 e. The number of amides is 1. The van der Waals surface area contributed by atoms with Crippen LogP contribution in [0.5, 0.6) is 0 Å². The van der Waals surface area contributed by atoms with Gasteiger partial charge in [0.2, 0.25) is 0 Å². The van der Waals surface area contributed by atoms with Crippen LogP contribution in [0.15, 0.2) is 53.9 Å². The molecule has 1 amide bonds. The van der Waals surface area contributed by atoms with Crippen LogP contribution in [0.2, 0.25) is 0 Å². The number of thiophene rings is 1. The highest BCUT2D eigenvalue weighted by Crippen LogP contribution is 2.29. The summed E-state index contributed by atoms with van der Waals surface area (Å²) < 4.78 is 0. The number of carbonyl (C=O) groups excluding carboxylic acids is 2. The lowest BCUT2D eigenvalue weighted by atomic mass is 9.98. The molecule has 1 saturated heterocycles. The summed E-state index contributed by atoms with van der Waals surface area (Å²) in [5.74, 6) is -0.148. The van der Waals surface area contributed by atoms with E-state index < -0.39 is 12.1 Å². The van der Waals surface area contributed by atoms with Crippen LogP contribution in [0, 0.1) is 20.8 Å². The number of aliphatic hydroxyl groups is 1. The van der Waals surface area contributed by atoms with Crippen molar-refractivity contribution < 1.29 is 14.7 Å². The number of aliphatic hydroxyl groups excluding tert-OH is 1. The van der Waals surface area contributed by atoms with Crippen molar-refractivity contribution in [1.82, 2.24) is 4.90 Å². The molecule has 0 spiro atoms. The maximum absolute atomic E-state index is 13.3. The molecule has 0 unspecified atom stereocenters. The number of hydrogen-bond acceptors (Lipinski definition) is 4. The van der Waals surface area contributed by atoms with E-state index >= 15 is 0 Å². The predicted octanol–water partition coefficient (Wildman–Crippen LogP) is 5.12. The van der Waals surface area contributed by atoms with Crippen molar-refractivity contribution in [1.29, 1.82) is 0 Å². The third-order valence-electron chi connectivity index (χ3n) is 6.34. The molecular formula is C27H29NO3S. The summed E-state index contributed by atoms with van der Waals surface area (Å²) in [6, 6.07) is 15.7. The zero-order valence-corrected chi connectivity index (χ0v) is 19.6. The minimum Gasteiger partial charge on any atom is -0.391 e. The van der Waals surface area contributed by atoms with Crippen LogP contribution in [0.25, 0.3) is 10.4 Å². The number of β-amino-alcohol motifs (C(OH)–C–C–N with tert-alkyl or cyclic N) is 1. The zero-order valence-electron chi connectivity index (χ0n) is 18.8. The van der Waals surface area contributed by atoms with Crippen LogP contribution in [0.3, 0.4) is 0 Å². The monoisotopic (exact) mass is 447 g/mol. The van der Waals surface area contributed by atoms with E-state index in [1.54, 1.807) is 16.2 Å². The highest BCUT2D eigenvalue weighted by atomic mass is 32.1. The number of benzene rings is 2. The quantitative estimate of drug-likeness (QED) is 0.571. The summed E-state index contributed by atoms with van der Waals surface area (Å²) in [4.78, 5) is 29.2. The fourth-order valence-electron chi connectivity index (χ4n) is 4.56. The molecule has 1 aliphatic heterocycles. The molecule has 1 fully saturated rings. The Morgan fingerprint density at radius 1 is 1.00 bits per heavy atom. The molecule has 1 N–H and O–H groups in total. The van der Waals surface area contributed by atoms with Crippen molar-refractivity contribution >= 4 is 23.0 Å². The average Bonchev–Trinajstić information content (AvgIpc) is 3.37. The Labute approximate surface area is 193 Å². The van der Waals surface area contributed by atoms with Gasteiger partial charge in [0, 0.05) is 29.8 Å². The van der Waals surface area contributed by atoms with E-state index in [1.807, 2.05) is 32.0 Å². The van der Waals surface area contributed by atoms with E-state index in [-0.39, 0.29) is 18.2 Å². The van der Waals surface area contributed by atoms with Crippen molar-refractivity contribution in [3.05, 3.63) is 81.7 Å². The lowest BCUT2D eigenvalue weighted by molar-refractivity contribution is -0.122. The lowest BCUT2D eigenvalue weighted by Gasteiger charge is -2.25. The first-order valence-corrected chi connectivity index (χ1v) is 11.9. The second-order valence-corrected chi connectivity index (χ2v) is 9.64. The smallest absolute Gasteiger partial charge is 0.255 e. The van der Waals surface area contributed by atoms with Crippen molar-refractivity contribution in [2.45, 2.75) is 52.2 Å². The van der Waals surface area contributed by atoms with Crippen molar-refractivity contribution in [3.63, 3.8) is 0 Å². The topological polar surface area (TPSA) is 57.6 Å². The number of hydrogen-bond donors (Lipinski definition) is 1. The minimum atomic E-state index is -0.662. The molecule has 32 heavy (non-hydrogen) atoms. The van der Waals surface area contributed by atoms with Gasteiger partial charge in [-0.3, -0.25) is 9.59 Å². The molecule has 2 heterocycles. The summed E-state index contributed by atoms with van der Waals surface area (Å²) in [5.41, 5.74) is 5.98. The molecule has 1 aromatic heterocycles. The van der Waals surface area contributed by atoms with Crippen LogP contribution in [-0.2, 0) is 11.2 Å². The number of rotatable bonds is 6. The van der Waals surface area contributed by atoms with Gasteiger partial charge in [0.05, 0.1) is 12.1 Å². The zero-order chi connectivity index (χ0) is 22.8. The average molecular weight is 448 g/mol. The van der Waals surface area contributed by atoms with E-state index in [0.29, 0.717) is 24.8 Å². The number of nitrogens with zero attached hydrogens (tertiary/aromatic N) is 1. The number of carbonyl (C=O) groups is 2. The SMILES string of the molecule is Cc1ccsc1-c1ccc(CCC(=O)[C@@H]2C[C@@H](O)CN2C(=O)c2c(C)cccc2C)cc1. The van der Waals surface area contributed by atoms with Gasteiger partial charge in [0.1, 0.15) is 0 Å². The van der Waals surface area contributed by atoms with Crippen molar-refractivity contribution in [2.75, 3.05) is 6.54 Å². The van der Waals surface area contributed by atoms with E-state index in [1.165, 1.54) is 16.0 Å². The first kappa shape index (κ1) is 22.4. The van der Waals surface area contributed by atoms with E-state index in [9.17, 15) is 14.7 Å². The Balaban J connectivity index is 1.44. The molecule has 2 atom stereocenters. The number of likely N-dealkylation sites (tertiary alicyclic amines) is 1. The Hall–Kier alpha value is -2.76. The normalized spacial score (nSPS) is 18.2. The third kappa shape index (κ3) is 4.54. The summed E-state index contributed by atoms with van der Waals surface area (Å²) in [5, 5.41) is 12.3. The number of aryl methyl sites for hydroxylation is 4. The van der Waals surface area contributed by atoms with Gasteiger partial charge in [-0.2, -0.15) is 0 Å². The maximum Gasteiger partial charge on any atom is 0.255 e. The molecule has 0 radical (unpaired) electrons. The highest BCUT2D eigenvalue weighted by molar-refractivity contribution is 7.13. The van der Waals surface area contributed by atoms with Gasteiger partial charge in [0.15, 0.2) is 5.78 Å². The van der Waals surface area contributed by atoms with Gasteiger partial charge in [0.25, 0.3) is 5.91 Å². The Morgan fingerprint density at radius 2 is 1.69 bits per heavy atom. The number of ketones is 1. The standard InChI is InChI=1S/C27H29NO3S/c1-17-5-4-6-18(2)25(17)27(31)28-16-22(29)15-23(28)24(30)12-9-20-7-10-21(11-8-20)26-19(3)13-14-32-26/h4-8,10-11,13-14,22-23,29H,9,12,15-16H2,1-3H3/t22-,23+/m1/s1. The molecule has 0 aliphatic carbocycles. The van der Waals surface area contributed by atoms with E-state index in [4.69, 9.17) is 0 Å². The van der Waals surface area contributed by atoms with Gasteiger partial charge < -0.3 is 10.0 Å². The van der Waals surface area contributed by atoms with Gasteiger partial charge in [-0.05, 0) is 66.5 Å². The Kier molecular flexibility index (Phi) is 6.58. The fourth-order valence-corrected chi connectivity index (χ4v) is 5.50. The molecule has 0 saturated carbocycles. The highest BCUT2D eigenvalue weighted by Gasteiger charge is 2.39. The molecule has 166 valence electrons. The minimum absolute atomic E-state index is 0.0133. The van der Waals surface area contributed by atoms with Gasteiger partial charge in [-0.15, -0.1) is 11.3 Å². The molecular weight excluding hydrogens is 418 g/mol. The summed E-state index contributed by atoms with van der Waals surface area (Å²) in [6.45, 7) is 6.13. The third-order valence-corrected chi connectivity index (χ3v) is 7.41. The molecule has 2 aromatic carbocycles. The molecule has 0 bridgehead atoms. The Bertz CT molecular complexity index is 1110. The molecule has 1 aliphatic rings. The van der Waals surface area contributed by atoms with Gasteiger partial charge >= 0.3 is 0 Å². The first-order chi connectivity index (χ1) is 15.3. The summed E-state index contributed by atoms with van der Waals surface area (Å²) in [6.07, 6.45) is 0.628. The van der Waals surface area contributed by atoms with E-state index in [0.717, 1.165) is 16.7 Å². The van der Waals surface area contributed by atoms with Crippen molar-refractivity contribution in [3.8, 4) is 10.4 Å². The maximum atomic E-state index is 13.3. The number of Topliss-reactive ketones (excluding diaryl/α,β-unsaturated/α-hetero) is 1. The lowest BCUT2D eigenvalue weighted by Crippen LogP contribution is -2.41. The van der Waals surface area contributed by atoms with Crippen LogP contribution in [-0.4, -0.2) is 40.4 Å². The first-order valence-electron chi connectivity index (χ1n) is 11.1. The fraction of sp³-hybridized carbons (Fsp3) is 0.333. The Morgan fingerprint density at radius 3 is 2.31 bits per heavy atom. The van der Waals surface area contributed by atoms with Crippen LogP contribution < -0.4 is 0 Å². The van der Waals surface area contributed by atoms with Crippen molar-refractivity contribution in [2.24, 2.45) is 0 Å².